The van der Waals surface area contributed by atoms with Crippen LogP contribution < -0.4 is 5.32 Å². The zero-order valence-corrected chi connectivity index (χ0v) is 12.0. The van der Waals surface area contributed by atoms with Gasteiger partial charge in [-0.2, -0.15) is 0 Å². The summed E-state index contributed by atoms with van der Waals surface area (Å²) >= 11 is 3.31. The highest BCUT2D eigenvalue weighted by Crippen LogP contribution is 2.10. The normalized spacial score (nSPS) is 18.6. The van der Waals surface area contributed by atoms with Crippen molar-refractivity contribution in [1.29, 1.82) is 0 Å². The smallest absolute Gasteiger partial charge is 0.267 e. The van der Waals surface area contributed by atoms with E-state index in [4.69, 9.17) is 4.74 Å². The van der Waals surface area contributed by atoms with Crippen LogP contribution in [0.15, 0.2) is 16.7 Å². The fourth-order valence-electron chi connectivity index (χ4n) is 1.98. The van der Waals surface area contributed by atoms with E-state index in [2.05, 4.69) is 38.1 Å². The molecule has 6 heteroatoms. The summed E-state index contributed by atoms with van der Waals surface area (Å²) < 4.78 is 6.19. The Morgan fingerprint density at radius 3 is 2.94 bits per heavy atom. The maximum atomic E-state index is 11.8. The van der Waals surface area contributed by atoms with Crippen molar-refractivity contribution in [1.82, 2.24) is 15.2 Å². The van der Waals surface area contributed by atoms with Gasteiger partial charge in [0.2, 0.25) is 0 Å². The number of nitrogens with zero attached hydrogens (tertiary/aromatic N) is 1. The number of carbonyl (C=O) groups excluding carboxylic acids is 1. The molecule has 1 fully saturated rings. The highest BCUT2D eigenvalue weighted by Gasteiger charge is 2.18. The number of aromatic nitrogens is 1. The molecule has 0 aromatic carbocycles. The summed E-state index contributed by atoms with van der Waals surface area (Å²) in [6, 6.07) is 2.10. The van der Waals surface area contributed by atoms with Gasteiger partial charge >= 0.3 is 0 Å². The third-order valence-corrected chi connectivity index (χ3v) is 3.58. The van der Waals surface area contributed by atoms with E-state index < -0.39 is 0 Å². The second-order valence-electron chi connectivity index (χ2n) is 4.44. The first-order valence-corrected chi connectivity index (χ1v) is 6.90. The van der Waals surface area contributed by atoms with Crippen LogP contribution in [0.4, 0.5) is 0 Å². The summed E-state index contributed by atoms with van der Waals surface area (Å²) in [4.78, 5) is 17.1. The fourth-order valence-corrected chi connectivity index (χ4v) is 2.33. The molecule has 0 unspecified atom stereocenters. The number of rotatable bonds is 4. The van der Waals surface area contributed by atoms with Crippen LogP contribution >= 0.6 is 15.9 Å². The van der Waals surface area contributed by atoms with Gasteiger partial charge in [0.25, 0.3) is 5.91 Å². The minimum Gasteiger partial charge on any atom is -0.379 e. The van der Waals surface area contributed by atoms with Crippen molar-refractivity contribution in [2.45, 2.75) is 13.0 Å². The Hall–Kier alpha value is -0.850. The summed E-state index contributed by atoms with van der Waals surface area (Å²) in [5.41, 5.74) is 0.580. The molecule has 1 aliphatic heterocycles. The molecule has 1 aromatic rings. The largest absolute Gasteiger partial charge is 0.379 e. The van der Waals surface area contributed by atoms with E-state index in [0.29, 0.717) is 18.3 Å². The molecule has 0 aliphatic carbocycles. The van der Waals surface area contributed by atoms with Gasteiger partial charge in [0, 0.05) is 36.3 Å². The maximum Gasteiger partial charge on any atom is 0.267 e. The predicted molar refractivity (Wildman–Crippen MR) is 72.7 cm³/mol. The van der Waals surface area contributed by atoms with Gasteiger partial charge in [-0.15, -0.1) is 0 Å². The lowest BCUT2D eigenvalue weighted by molar-refractivity contribution is 0.0204. The molecule has 5 nitrogen and oxygen atoms in total. The molecular weight excluding hydrogens is 298 g/mol. The van der Waals surface area contributed by atoms with E-state index in [0.717, 1.165) is 30.8 Å². The number of carbonyl (C=O) groups is 1. The van der Waals surface area contributed by atoms with E-state index in [9.17, 15) is 4.79 Å². The Morgan fingerprint density at radius 2 is 2.33 bits per heavy atom. The first-order valence-electron chi connectivity index (χ1n) is 6.10. The van der Waals surface area contributed by atoms with Gasteiger partial charge in [0.15, 0.2) is 0 Å². The van der Waals surface area contributed by atoms with Crippen molar-refractivity contribution < 1.29 is 9.53 Å². The number of nitrogens with one attached hydrogen (secondary N) is 2. The number of H-pyrrole nitrogens is 1. The average molecular weight is 316 g/mol. The van der Waals surface area contributed by atoms with Crippen LogP contribution in [0.25, 0.3) is 0 Å². The molecule has 1 saturated heterocycles. The van der Waals surface area contributed by atoms with Crippen molar-refractivity contribution in [2.24, 2.45) is 0 Å². The Morgan fingerprint density at radius 1 is 1.61 bits per heavy atom. The maximum absolute atomic E-state index is 11.8. The zero-order valence-electron chi connectivity index (χ0n) is 10.4. The molecule has 2 rings (SSSR count). The van der Waals surface area contributed by atoms with Crippen LogP contribution in [0, 0.1) is 0 Å². The molecule has 0 spiro atoms. The second kappa shape index (κ2) is 6.36. The number of amides is 1. The lowest BCUT2D eigenvalue weighted by Gasteiger charge is -2.32. The second-order valence-corrected chi connectivity index (χ2v) is 5.35. The number of aromatic amines is 1. The molecule has 0 bridgehead atoms. The van der Waals surface area contributed by atoms with E-state index in [1.165, 1.54) is 0 Å². The molecule has 2 heterocycles. The van der Waals surface area contributed by atoms with Crippen molar-refractivity contribution in [3.05, 3.63) is 22.4 Å². The number of hydrogen-bond acceptors (Lipinski definition) is 3. The molecule has 1 aromatic heterocycles. The highest BCUT2D eigenvalue weighted by atomic mass is 79.9. The Balaban J connectivity index is 1.78. The molecule has 100 valence electrons. The Labute approximate surface area is 115 Å². The van der Waals surface area contributed by atoms with Crippen molar-refractivity contribution >= 4 is 21.8 Å². The molecule has 0 radical (unpaired) electrons. The quantitative estimate of drug-likeness (QED) is 0.878. The standard InChI is InChI=1S/C12H18BrN3O2/c1-9(16-2-4-18-5-3-16)7-15-12(17)11-6-10(13)8-14-11/h6,8-9,14H,2-5,7H2,1H3,(H,15,17)/t9-/m0/s1. The number of halogens is 1. The van der Waals surface area contributed by atoms with Gasteiger partial charge in [0.1, 0.15) is 5.69 Å². The number of ether oxygens (including phenoxy) is 1. The van der Waals surface area contributed by atoms with Crippen LogP contribution in [-0.2, 0) is 4.74 Å². The number of hydrogen-bond donors (Lipinski definition) is 2. The van der Waals surface area contributed by atoms with Crippen molar-refractivity contribution in [3.8, 4) is 0 Å². The van der Waals surface area contributed by atoms with Crippen LogP contribution in [0.5, 0.6) is 0 Å². The van der Waals surface area contributed by atoms with Gasteiger partial charge in [-0.25, -0.2) is 0 Å². The van der Waals surface area contributed by atoms with Crippen molar-refractivity contribution in [2.75, 3.05) is 32.8 Å². The van der Waals surface area contributed by atoms with Gasteiger partial charge < -0.3 is 15.0 Å². The lowest BCUT2D eigenvalue weighted by atomic mass is 10.2. The van der Waals surface area contributed by atoms with Crippen LogP contribution in [0.2, 0.25) is 0 Å². The van der Waals surface area contributed by atoms with E-state index >= 15 is 0 Å². The van der Waals surface area contributed by atoms with Gasteiger partial charge in [-0.1, -0.05) is 0 Å². The zero-order chi connectivity index (χ0) is 13.0. The summed E-state index contributed by atoms with van der Waals surface area (Å²) in [6.45, 7) is 6.20. The van der Waals surface area contributed by atoms with Gasteiger partial charge in [-0.05, 0) is 28.9 Å². The summed E-state index contributed by atoms with van der Waals surface area (Å²) in [7, 11) is 0. The summed E-state index contributed by atoms with van der Waals surface area (Å²) in [5, 5.41) is 2.94. The lowest BCUT2D eigenvalue weighted by Crippen LogP contribution is -2.47. The molecule has 1 amide bonds. The summed E-state index contributed by atoms with van der Waals surface area (Å²) in [6.07, 6.45) is 1.75. The third-order valence-electron chi connectivity index (χ3n) is 3.12. The third kappa shape index (κ3) is 3.57. The highest BCUT2D eigenvalue weighted by molar-refractivity contribution is 9.10. The molecule has 2 N–H and O–H groups in total. The molecular formula is C12H18BrN3O2. The molecule has 0 saturated carbocycles. The molecule has 1 atom stereocenters. The first kappa shape index (κ1) is 13.6. The van der Waals surface area contributed by atoms with Gasteiger partial charge in [0.05, 0.1) is 13.2 Å². The van der Waals surface area contributed by atoms with E-state index in [1.807, 2.05) is 0 Å². The van der Waals surface area contributed by atoms with Crippen molar-refractivity contribution in [3.63, 3.8) is 0 Å². The SMILES string of the molecule is C[C@@H](CNC(=O)c1cc(Br)c[nH]1)N1CCOCC1. The van der Waals surface area contributed by atoms with E-state index in [1.54, 1.807) is 12.3 Å². The molecule has 1 aliphatic rings. The minimum atomic E-state index is -0.0687. The fraction of sp³-hybridized carbons (Fsp3) is 0.583. The minimum absolute atomic E-state index is 0.0687. The first-order chi connectivity index (χ1) is 8.66. The Kier molecular flexibility index (Phi) is 4.79. The monoisotopic (exact) mass is 315 g/mol. The topological polar surface area (TPSA) is 57.4 Å². The van der Waals surface area contributed by atoms with Crippen LogP contribution in [-0.4, -0.2) is 54.7 Å². The number of morpholine rings is 1. The van der Waals surface area contributed by atoms with Gasteiger partial charge in [-0.3, -0.25) is 9.69 Å². The molecule has 18 heavy (non-hydrogen) atoms. The summed E-state index contributed by atoms with van der Waals surface area (Å²) in [5.74, 6) is -0.0687. The van der Waals surface area contributed by atoms with E-state index in [-0.39, 0.29) is 5.91 Å². The Bertz CT molecular complexity index is 402. The predicted octanol–water partition coefficient (Wildman–Crippen LogP) is 1.23. The van der Waals surface area contributed by atoms with Crippen LogP contribution in [0.1, 0.15) is 17.4 Å². The van der Waals surface area contributed by atoms with Crippen LogP contribution in [0.3, 0.4) is 0 Å². The average Bonchev–Trinajstić information content (AvgIpc) is 2.83.